The van der Waals surface area contributed by atoms with Gasteiger partial charge in [0.05, 0.1) is 5.57 Å². The van der Waals surface area contributed by atoms with Crippen LogP contribution < -0.4 is 0 Å². The fourth-order valence-corrected chi connectivity index (χ4v) is 0.832. The Morgan fingerprint density at radius 2 is 2.00 bits per heavy atom. The maximum atomic E-state index is 11.9. The smallest absolute Gasteiger partial charge is 0.233 e. The minimum absolute atomic E-state index is 0.00877. The first-order chi connectivity index (χ1) is 5.54. The number of hydrogen-bond acceptors (Lipinski definition) is 1. The maximum Gasteiger partial charge on any atom is 0.416 e. The number of halogens is 3. The van der Waals surface area contributed by atoms with Gasteiger partial charge in [0, 0.05) is 12.0 Å². The second kappa shape index (κ2) is 2.99. The van der Waals surface area contributed by atoms with Gasteiger partial charge in [-0.25, -0.2) is 4.79 Å². The lowest BCUT2D eigenvalue weighted by Crippen LogP contribution is -2.11. The Morgan fingerprint density at radius 3 is 2.33 bits per heavy atom. The van der Waals surface area contributed by atoms with Crippen molar-refractivity contribution >= 4 is 5.94 Å². The van der Waals surface area contributed by atoms with Gasteiger partial charge in [0.1, 0.15) is 5.94 Å². The molecule has 0 radical (unpaired) electrons. The third-order valence-corrected chi connectivity index (χ3v) is 1.46. The number of hydrogen-bond donors (Lipinski definition) is 0. The van der Waals surface area contributed by atoms with E-state index in [1.54, 1.807) is 5.94 Å². The van der Waals surface area contributed by atoms with Gasteiger partial charge < -0.3 is 0 Å². The Bertz CT molecular complexity index is 290. The quantitative estimate of drug-likeness (QED) is 0.514. The molecule has 0 unspecified atom stereocenters. The molecule has 12 heavy (non-hydrogen) atoms. The highest BCUT2D eigenvalue weighted by atomic mass is 19.4. The van der Waals surface area contributed by atoms with E-state index in [2.05, 4.69) is 0 Å². The molecule has 0 spiro atoms. The molecule has 64 valence electrons. The van der Waals surface area contributed by atoms with Gasteiger partial charge in [-0.2, -0.15) is 13.2 Å². The zero-order valence-corrected chi connectivity index (χ0v) is 5.98. The first-order valence-electron chi connectivity index (χ1n) is 3.23. The minimum Gasteiger partial charge on any atom is -0.233 e. The van der Waals surface area contributed by atoms with Gasteiger partial charge in [0.15, 0.2) is 0 Å². The average Bonchev–Trinajstić information content (AvgIpc) is 2.03. The molecule has 1 aliphatic rings. The molecule has 0 saturated heterocycles. The van der Waals surface area contributed by atoms with E-state index in [1.807, 2.05) is 0 Å². The predicted molar refractivity (Wildman–Crippen MR) is 37.1 cm³/mol. The Morgan fingerprint density at radius 1 is 1.33 bits per heavy atom. The van der Waals surface area contributed by atoms with Crippen LogP contribution in [-0.4, -0.2) is 12.1 Å². The van der Waals surface area contributed by atoms with Crippen molar-refractivity contribution in [2.45, 2.75) is 12.6 Å². The van der Waals surface area contributed by atoms with Crippen molar-refractivity contribution in [2.75, 3.05) is 0 Å². The third-order valence-electron chi connectivity index (χ3n) is 1.46. The largest absolute Gasteiger partial charge is 0.416 e. The molecule has 0 amide bonds. The Hall–Kier alpha value is -1.28. The summed E-state index contributed by atoms with van der Waals surface area (Å²) < 4.78 is 35.8. The van der Waals surface area contributed by atoms with Gasteiger partial charge in [-0.3, -0.25) is 0 Å². The second-order valence-electron chi connectivity index (χ2n) is 2.32. The van der Waals surface area contributed by atoms with Gasteiger partial charge in [0.2, 0.25) is 0 Å². The molecule has 4 heteroatoms. The van der Waals surface area contributed by atoms with Crippen LogP contribution in [-0.2, 0) is 4.79 Å². The van der Waals surface area contributed by atoms with Crippen LogP contribution in [0.5, 0.6) is 0 Å². The molecule has 0 bridgehead atoms. The third kappa shape index (κ3) is 1.86. The van der Waals surface area contributed by atoms with Crippen molar-refractivity contribution in [1.29, 1.82) is 0 Å². The topological polar surface area (TPSA) is 17.1 Å². The molecule has 0 N–H and O–H groups in total. The Labute approximate surface area is 66.9 Å². The van der Waals surface area contributed by atoms with E-state index in [4.69, 9.17) is 0 Å². The van der Waals surface area contributed by atoms with E-state index in [1.165, 1.54) is 0 Å². The highest BCUT2D eigenvalue weighted by Crippen LogP contribution is 2.29. The molecule has 1 nitrogen and oxygen atoms in total. The van der Waals surface area contributed by atoms with Crippen molar-refractivity contribution in [1.82, 2.24) is 0 Å². The van der Waals surface area contributed by atoms with Gasteiger partial charge in [-0.05, 0) is 12.2 Å². The van der Waals surface area contributed by atoms with Crippen molar-refractivity contribution in [3.8, 4) is 0 Å². The fraction of sp³-hybridized carbons (Fsp3) is 0.250. The number of carbonyl (C=O) groups excluding carboxylic acids is 1. The van der Waals surface area contributed by atoms with E-state index in [-0.39, 0.29) is 12.0 Å². The van der Waals surface area contributed by atoms with E-state index in [9.17, 15) is 18.0 Å². The molecule has 1 rings (SSSR count). The monoisotopic (exact) mass is 174 g/mol. The van der Waals surface area contributed by atoms with Crippen LogP contribution in [0.2, 0.25) is 0 Å². The summed E-state index contributed by atoms with van der Waals surface area (Å²) in [5.74, 6) is 1.54. The summed E-state index contributed by atoms with van der Waals surface area (Å²) in [6.07, 6.45) is -1.32. The molecule has 0 atom stereocenters. The van der Waals surface area contributed by atoms with E-state index < -0.39 is 11.7 Å². The lowest BCUT2D eigenvalue weighted by Gasteiger charge is -2.10. The standard InChI is InChI=1S/C8H5F3O/c9-8(10,11)7-3-1-6(5-12)2-4-7/h1,3-4H,2H2. The van der Waals surface area contributed by atoms with Crippen LogP contribution in [0.4, 0.5) is 13.2 Å². The van der Waals surface area contributed by atoms with Crippen molar-refractivity contribution in [3.05, 3.63) is 29.4 Å². The normalized spacial score (nSPS) is 17.2. The first-order valence-corrected chi connectivity index (χ1v) is 3.23. The van der Waals surface area contributed by atoms with Gasteiger partial charge in [-0.15, -0.1) is 0 Å². The molecule has 0 aromatic heterocycles. The Balaban J connectivity index is 2.84. The average molecular weight is 174 g/mol. The van der Waals surface area contributed by atoms with Crippen LogP contribution in [0, 0.1) is 0 Å². The van der Waals surface area contributed by atoms with E-state index >= 15 is 0 Å². The summed E-state index contributed by atoms with van der Waals surface area (Å²) in [5.41, 5.74) is -0.468. The van der Waals surface area contributed by atoms with Crippen LogP contribution in [0.3, 0.4) is 0 Å². The first kappa shape index (κ1) is 8.81. The maximum absolute atomic E-state index is 11.9. The number of allylic oxidation sites excluding steroid dienone is 5. The predicted octanol–water partition coefficient (Wildman–Crippen LogP) is 2.19. The number of rotatable bonds is 0. The van der Waals surface area contributed by atoms with Gasteiger partial charge >= 0.3 is 6.18 Å². The van der Waals surface area contributed by atoms with Crippen LogP contribution in [0.25, 0.3) is 0 Å². The van der Waals surface area contributed by atoms with Crippen LogP contribution in [0.15, 0.2) is 29.4 Å². The molecular weight excluding hydrogens is 169 g/mol. The molecular formula is C8H5F3O. The highest BCUT2D eigenvalue weighted by molar-refractivity contribution is 5.60. The summed E-state index contributed by atoms with van der Waals surface area (Å²) in [6.45, 7) is 0. The van der Waals surface area contributed by atoms with Crippen molar-refractivity contribution in [2.24, 2.45) is 0 Å². The van der Waals surface area contributed by atoms with Gasteiger partial charge in [-0.1, -0.05) is 6.08 Å². The molecule has 1 aliphatic carbocycles. The molecule has 0 fully saturated rings. The molecule has 0 heterocycles. The summed E-state index contributed by atoms with van der Waals surface area (Å²) in [5, 5.41) is 0. The van der Waals surface area contributed by atoms with E-state index in [0.717, 1.165) is 18.2 Å². The lowest BCUT2D eigenvalue weighted by atomic mass is 10.0. The van der Waals surface area contributed by atoms with Crippen molar-refractivity contribution < 1.29 is 18.0 Å². The molecule has 0 aromatic rings. The second-order valence-corrected chi connectivity index (χ2v) is 2.32. The summed E-state index contributed by atoms with van der Waals surface area (Å²) >= 11 is 0. The van der Waals surface area contributed by atoms with Gasteiger partial charge in [0.25, 0.3) is 0 Å². The zero-order chi connectivity index (χ0) is 9.19. The molecule has 0 aliphatic heterocycles. The van der Waals surface area contributed by atoms with Crippen molar-refractivity contribution in [3.63, 3.8) is 0 Å². The minimum atomic E-state index is -4.31. The van der Waals surface area contributed by atoms with Crippen LogP contribution >= 0.6 is 0 Å². The summed E-state index contributed by atoms with van der Waals surface area (Å²) in [4.78, 5) is 9.99. The number of alkyl halides is 3. The van der Waals surface area contributed by atoms with Crippen LogP contribution in [0.1, 0.15) is 6.42 Å². The lowest BCUT2D eigenvalue weighted by molar-refractivity contribution is -0.0885. The Kier molecular flexibility index (Phi) is 2.20. The fourth-order valence-electron chi connectivity index (χ4n) is 0.832. The molecule has 0 aromatic carbocycles. The SMILES string of the molecule is O=C=C1C=CC(C(F)(F)F)=CC1. The zero-order valence-electron chi connectivity index (χ0n) is 5.98. The summed E-state index contributed by atoms with van der Waals surface area (Å²) in [7, 11) is 0. The summed E-state index contributed by atoms with van der Waals surface area (Å²) in [6, 6.07) is 0. The highest BCUT2D eigenvalue weighted by Gasteiger charge is 2.32. The van der Waals surface area contributed by atoms with E-state index in [0.29, 0.717) is 0 Å². The molecule has 0 saturated carbocycles.